The third-order valence-electron chi connectivity index (χ3n) is 6.04. The largest absolute Gasteiger partial charge is 0.515 e. The molecule has 0 bridgehead atoms. The first-order valence-electron chi connectivity index (χ1n) is 10.8. The number of sulfone groups is 1. The second-order valence-electron chi connectivity index (χ2n) is 8.81. The summed E-state index contributed by atoms with van der Waals surface area (Å²) in [6.07, 6.45) is -1.49. The first-order chi connectivity index (χ1) is 16.6. The van der Waals surface area contributed by atoms with Gasteiger partial charge in [-0.25, -0.2) is 13.1 Å². The summed E-state index contributed by atoms with van der Waals surface area (Å²) in [6, 6.07) is 2.84. The normalized spacial score (nSPS) is 18.9. The zero-order valence-electron chi connectivity index (χ0n) is 19.6. The molecule has 0 radical (unpaired) electrons. The molecule has 2 aromatic rings. The monoisotopic (exact) mass is 548 g/mol. The highest BCUT2D eigenvalue weighted by Crippen LogP contribution is 2.36. The Hall–Kier alpha value is -2.86. The first kappa shape index (κ1) is 27.7. The fourth-order valence-electron chi connectivity index (χ4n) is 4.17. The minimum absolute atomic E-state index is 0.195. The van der Waals surface area contributed by atoms with E-state index in [0.717, 1.165) is 29.5 Å². The number of hydrogen-bond donors (Lipinski definition) is 1. The SMILES string of the molecule is CC1CCC(C(=O)C(=CO)C(=O)c2ccc(S(C)(=O)=O)c(COc3cc(C(F)(F)F)nn3C)c2Cl)C1. The van der Waals surface area contributed by atoms with Crippen LogP contribution in [0.25, 0.3) is 0 Å². The standard InChI is InChI=1S/C23H24ClF3N2O6S/c1-12-4-5-13(8-12)21(31)15(10-30)22(32)14-6-7-17(36(3,33)34)16(20(14)24)11-35-19-9-18(23(25,26)27)28-29(19)2/h6-7,9-10,12-13,30H,4-5,8,11H2,1-3H3. The molecule has 0 amide bonds. The molecule has 1 aromatic carbocycles. The van der Waals surface area contributed by atoms with Crippen molar-refractivity contribution in [2.24, 2.45) is 18.9 Å². The number of halogens is 4. The number of ether oxygens (including phenoxy) is 1. The van der Waals surface area contributed by atoms with Crippen LogP contribution in [0.4, 0.5) is 13.2 Å². The van der Waals surface area contributed by atoms with Gasteiger partial charge in [0, 0.05) is 36.4 Å². The quantitative estimate of drug-likeness (QED) is 0.167. The summed E-state index contributed by atoms with van der Waals surface area (Å²) >= 11 is 6.40. The minimum atomic E-state index is -4.72. The molecule has 8 nitrogen and oxygen atoms in total. The highest BCUT2D eigenvalue weighted by molar-refractivity contribution is 7.90. The van der Waals surface area contributed by atoms with E-state index in [9.17, 15) is 36.3 Å². The Balaban J connectivity index is 1.98. The lowest BCUT2D eigenvalue weighted by Crippen LogP contribution is -2.21. The maximum Gasteiger partial charge on any atom is 0.435 e. The Kier molecular flexibility index (Phi) is 7.89. The highest BCUT2D eigenvalue weighted by atomic mass is 35.5. The Morgan fingerprint density at radius 1 is 1.31 bits per heavy atom. The molecule has 1 N–H and O–H groups in total. The lowest BCUT2D eigenvalue weighted by Gasteiger charge is -2.16. The predicted octanol–water partition coefficient (Wildman–Crippen LogP) is 4.70. The van der Waals surface area contributed by atoms with Gasteiger partial charge in [-0.1, -0.05) is 18.5 Å². The number of aliphatic hydroxyl groups excluding tert-OH is 1. The summed E-state index contributed by atoms with van der Waals surface area (Å²) < 4.78 is 69.7. The summed E-state index contributed by atoms with van der Waals surface area (Å²) in [4.78, 5) is 25.7. The van der Waals surface area contributed by atoms with Crippen molar-refractivity contribution in [3.05, 3.63) is 51.9 Å². The van der Waals surface area contributed by atoms with Crippen molar-refractivity contribution in [3.8, 4) is 5.88 Å². The Morgan fingerprint density at radius 3 is 2.47 bits per heavy atom. The van der Waals surface area contributed by atoms with Crippen molar-refractivity contribution in [1.82, 2.24) is 9.78 Å². The molecule has 1 aliphatic carbocycles. The number of aromatic nitrogens is 2. The van der Waals surface area contributed by atoms with Crippen molar-refractivity contribution in [3.63, 3.8) is 0 Å². The van der Waals surface area contributed by atoms with Gasteiger partial charge in [0.1, 0.15) is 12.2 Å². The van der Waals surface area contributed by atoms with Crippen molar-refractivity contribution >= 4 is 33.0 Å². The smallest absolute Gasteiger partial charge is 0.435 e. The number of nitrogens with zero attached hydrogens (tertiary/aromatic N) is 2. The molecule has 1 heterocycles. The van der Waals surface area contributed by atoms with Crippen LogP contribution in [0.1, 0.15) is 47.8 Å². The van der Waals surface area contributed by atoms with Crippen molar-refractivity contribution in [2.45, 2.75) is 43.9 Å². The van der Waals surface area contributed by atoms with E-state index in [2.05, 4.69) is 5.10 Å². The molecule has 0 spiro atoms. The van der Waals surface area contributed by atoms with E-state index < -0.39 is 51.4 Å². The van der Waals surface area contributed by atoms with Crippen LogP contribution in [-0.4, -0.2) is 41.1 Å². The van der Waals surface area contributed by atoms with Gasteiger partial charge in [0.2, 0.25) is 11.7 Å². The summed E-state index contributed by atoms with van der Waals surface area (Å²) in [6.45, 7) is 1.36. The van der Waals surface area contributed by atoms with Gasteiger partial charge in [-0.05, 0) is 37.3 Å². The molecule has 0 aliphatic heterocycles. The Labute approximate surface area is 210 Å². The summed E-state index contributed by atoms with van der Waals surface area (Å²) in [5.74, 6) is -1.92. The maximum atomic E-state index is 13.2. The molecule has 0 saturated heterocycles. The minimum Gasteiger partial charge on any atom is -0.515 e. The number of benzene rings is 1. The van der Waals surface area contributed by atoms with E-state index in [0.29, 0.717) is 31.1 Å². The zero-order valence-corrected chi connectivity index (χ0v) is 21.2. The van der Waals surface area contributed by atoms with Gasteiger partial charge in [-0.2, -0.15) is 18.3 Å². The molecule has 1 fully saturated rings. The van der Waals surface area contributed by atoms with Gasteiger partial charge in [0.25, 0.3) is 0 Å². The number of allylic oxidation sites excluding steroid dienone is 1. The molecule has 1 saturated carbocycles. The fourth-order valence-corrected chi connectivity index (χ4v) is 5.46. The number of Topliss-reactive ketones (excluding diaryl/α,β-unsaturated/α-hetero) is 2. The molecule has 1 aliphatic rings. The van der Waals surface area contributed by atoms with E-state index in [1.807, 2.05) is 6.92 Å². The molecule has 196 valence electrons. The third kappa shape index (κ3) is 5.75. The second-order valence-corrected chi connectivity index (χ2v) is 11.2. The van der Waals surface area contributed by atoms with Crippen molar-refractivity contribution in [1.29, 1.82) is 0 Å². The molecular weight excluding hydrogens is 525 g/mol. The summed E-state index contributed by atoms with van der Waals surface area (Å²) in [7, 11) is -2.70. The summed E-state index contributed by atoms with van der Waals surface area (Å²) in [5, 5.41) is 12.6. The fraction of sp³-hybridized carbons (Fsp3) is 0.435. The number of hydrogen-bond acceptors (Lipinski definition) is 7. The van der Waals surface area contributed by atoms with E-state index in [1.54, 1.807) is 0 Å². The molecule has 2 atom stereocenters. The van der Waals surface area contributed by atoms with Gasteiger partial charge < -0.3 is 9.84 Å². The second kappa shape index (κ2) is 10.3. The molecule has 13 heteroatoms. The number of carbonyl (C=O) groups is 2. The lowest BCUT2D eigenvalue weighted by atomic mass is 9.91. The number of alkyl halides is 3. The summed E-state index contributed by atoms with van der Waals surface area (Å²) in [5.41, 5.74) is -2.16. The number of aryl methyl sites for hydroxylation is 1. The molecular formula is C23H24ClF3N2O6S. The molecule has 36 heavy (non-hydrogen) atoms. The van der Waals surface area contributed by atoms with Crippen LogP contribution in [0.3, 0.4) is 0 Å². The van der Waals surface area contributed by atoms with Gasteiger partial charge in [0.15, 0.2) is 21.3 Å². The molecule has 2 unspecified atom stereocenters. The van der Waals surface area contributed by atoms with Crippen molar-refractivity contribution < 1.29 is 41.0 Å². The van der Waals surface area contributed by atoms with E-state index in [4.69, 9.17) is 16.3 Å². The van der Waals surface area contributed by atoms with Crippen LogP contribution in [0.15, 0.2) is 34.9 Å². The van der Waals surface area contributed by atoms with Gasteiger partial charge in [-0.15, -0.1) is 0 Å². The van der Waals surface area contributed by atoms with Gasteiger partial charge in [0.05, 0.1) is 16.2 Å². The van der Waals surface area contributed by atoms with E-state index in [-0.39, 0.29) is 26.9 Å². The van der Waals surface area contributed by atoms with Crippen LogP contribution in [0.2, 0.25) is 5.02 Å². The first-order valence-corrected chi connectivity index (χ1v) is 13.1. The average molecular weight is 549 g/mol. The van der Waals surface area contributed by atoms with Crippen LogP contribution in [0.5, 0.6) is 5.88 Å². The molecule has 1 aromatic heterocycles. The maximum absolute atomic E-state index is 13.2. The number of carbonyl (C=O) groups excluding carboxylic acids is 2. The van der Waals surface area contributed by atoms with Crippen LogP contribution >= 0.6 is 11.6 Å². The van der Waals surface area contributed by atoms with E-state index >= 15 is 0 Å². The van der Waals surface area contributed by atoms with Crippen molar-refractivity contribution in [2.75, 3.05) is 6.26 Å². The van der Waals surface area contributed by atoms with E-state index in [1.165, 1.54) is 7.05 Å². The zero-order chi connectivity index (χ0) is 27.0. The van der Waals surface area contributed by atoms with Gasteiger partial charge >= 0.3 is 6.18 Å². The average Bonchev–Trinajstić information content (AvgIpc) is 3.37. The molecule has 3 rings (SSSR count). The number of rotatable bonds is 8. The predicted molar refractivity (Wildman–Crippen MR) is 124 cm³/mol. The Bertz CT molecular complexity index is 1330. The third-order valence-corrected chi connectivity index (χ3v) is 7.65. The lowest BCUT2D eigenvalue weighted by molar-refractivity contribution is -0.141. The number of aliphatic hydroxyl groups is 1. The topological polar surface area (TPSA) is 116 Å². The highest BCUT2D eigenvalue weighted by Gasteiger charge is 2.36. The van der Waals surface area contributed by atoms with Crippen LogP contribution < -0.4 is 4.74 Å². The number of ketones is 2. The van der Waals surface area contributed by atoms with Crippen LogP contribution in [-0.2, 0) is 34.5 Å². The Morgan fingerprint density at radius 2 is 1.97 bits per heavy atom. The van der Waals surface area contributed by atoms with Crippen LogP contribution in [0, 0.1) is 11.8 Å². The van der Waals surface area contributed by atoms with Gasteiger partial charge in [-0.3, -0.25) is 9.59 Å².